The molecule has 1 aromatic heterocycles. The van der Waals surface area contributed by atoms with Crippen LogP contribution < -0.4 is 11.1 Å². The van der Waals surface area contributed by atoms with E-state index in [9.17, 15) is 4.79 Å². The van der Waals surface area contributed by atoms with Gasteiger partial charge in [0.05, 0.1) is 12.7 Å². The number of rotatable bonds is 6. The average molecular weight is 349 g/mol. The van der Waals surface area contributed by atoms with E-state index in [1.807, 2.05) is 35.3 Å². The zero-order chi connectivity index (χ0) is 16.1. The van der Waals surface area contributed by atoms with Crippen molar-refractivity contribution in [3.05, 3.63) is 53.9 Å². The molecule has 1 aliphatic carbocycles. The molecule has 1 amide bonds. The molecular weight excluding hydrogens is 324 g/mol. The van der Waals surface area contributed by atoms with Crippen LogP contribution in [0.1, 0.15) is 36.8 Å². The molecule has 0 saturated heterocycles. The fourth-order valence-corrected chi connectivity index (χ4v) is 3.18. The van der Waals surface area contributed by atoms with Gasteiger partial charge in [0.25, 0.3) is 0 Å². The van der Waals surface area contributed by atoms with Crippen molar-refractivity contribution < 1.29 is 4.79 Å². The summed E-state index contributed by atoms with van der Waals surface area (Å²) in [7, 11) is 0. The van der Waals surface area contributed by atoms with Crippen LogP contribution in [0, 0.1) is 5.92 Å². The summed E-state index contributed by atoms with van der Waals surface area (Å²) in [4.78, 5) is 12.0. The first kappa shape index (κ1) is 18.5. The number of nitrogens with two attached hydrogens (primary N) is 1. The molecule has 1 fully saturated rings. The Morgan fingerprint density at radius 3 is 2.75 bits per heavy atom. The second-order valence-electron chi connectivity index (χ2n) is 6.37. The predicted molar refractivity (Wildman–Crippen MR) is 96.8 cm³/mol. The van der Waals surface area contributed by atoms with Crippen molar-refractivity contribution in [1.82, 2.24) is 15.1 Å². The molecular formula is C18H25ClN4O. The van der Waals surface area contributed by atoms with Crippen LogP contribution in [0.15, 0.2) is 42.7 Å². The molecule has 0 bridgehead atoms. The van der Waals surface area contributed by atoms with E-state index in [2.05, 4.69) is 22.5 Å². The number of benzene rings is 1. The van der Waals surface area contributed by atoms with Gasteiger partial charge in [-0.2, -0.15) is 5.10 Å². The molecule has 3 N–H and O–H groups in total. The minimum Gasteiger partial charge on any atom is -0.352 e. The van der Waals surface area contributed by atoms with Crippen molar-refractivity contribution in [3.63, 3.8) is 0 Å². The third-order valence-corrected chi connectivity index (χ3v) is 4.53. The standard InChI is InChI=1S/C18H24N4O.ClH/c19-17-8-4-7-16(17)9-18(23)20-10-15-11-21-22(13-15)12-14-5-2-1-3-6-14;/h1-3,5-6,11,13,16-17H,4,7-10,12,19H2,(H,20,23);1H/t16-,17+;/m0./s1. The van der Waals surface area contributed by atoms with E-state index in [4.69, 9.17) is 5.73 Å². The highest BCUT2D eigenvalue weighted by molar-refractivity contribution is 5.85. The molecule has 3 rings (SSSR count). The largest absolute Gasteiger partial charge is 0.352 e. The Kier molecular flexibility index (Phi) is 6.82. The third-order valence-electron chi connectivity index (χ3n) is 4.53. The van der Waals surface area contributed by atoms with Gasteiger partial charge in [-0.1, -0.05) is 36.8 Å². The average Bonchev–Trinajstić information content (AvgIpc) is 3.16. The number of carbonyl (C=O) groups excluding carboxylic acids is 1. The van der Waals surface area contributed by atoms with E-state index in [-0.39, 0.29) is 24.4 Å². The van der Waals surface area contributed by atoms with Crippen LogP contribution in [0.5, 0.6) is 0 Å². The van der Waals surface area contributed by atoms with E-state index < -0.39 is 0 Å². The molecule has 1 heterocycles. The lowest BCUT2D eigenvalue weighted by Crippen LogP contribution is -2.31. The Hall–Kier alpha value is -1.85. The second-order valence-corrected chi connectivity index (χ2v) is 6.37. The van der Waals surface area contributed by atoms with Crippen molar-refractivity contribution in [3.8, 4) is 0 Å². The zero-order valence-corrected chi connectivity index (χ0v) is 14.5. The minimum atomic E-state index is 0. The SMILES string of the molecule is Cl.N[C@@H]1CCC[C@H]1CC(=O)NCc1cnn(Cc2ccccc2)c1. The van der Waals surface area contributed by atoms with E-state index in [1.54, 1.807) is 0 Å². The number of hydrogen-bond acceptors (Lipinski definition) is 3. The normalized spacial score (nSPS) is 19.7. The highest BCUT2D eigenvalue weighted by Crippen LogP contribution is 2.26. The van der Waals surface area contributed by atoms with E-state index >= 15 is 0 Å². The van der Waals surface area contributed by atoms with Crippen molar-refractivity contribution in [2.24, 2.45) is 11.7 Å². The number of carbonyl (C=O) groups is 1. The lowest BCUT2D eigenvalue weighted by molar-refractivity contribution is -0.122. The third kappa shape index (κ3) is 5.08. The maximum atomic E-state index is 12.0. The van der Waals surface area contributed by atoms with E-state index in [1.165, 1.54) is 5.56 Å². The van der Waals surface area contributed by atoms with Gasteiger partial charge in [-0.15, -0.1) is 12.4 Å². The van der Waals surface area contributed by atoms with Gasteiger partial charge in [0.2, 0.25) is 5.91 Å². The number of aromatic nitrogens is 2. The van der Waals surface area contributed by atoms with Crippen LogP contribution >= 0.6 is 12.4 Å². The maximum Gasteiger partial charge on any atom is 0.220 e. The van der Waals surface area contributed by atoms with Crippen LogP contribution in [0.4, 0.5) is 0 Å². The highest BCUT2D eigenvalue weighted by atomic mass is 35.5. The summed E-state index contributed by atoms with van der Waals surface area (Å²) in [5.41, 5.74) is 8.25. The molecule has 0 unspecified atom stereocenters. The second kappa shape index (κ2) is 8.85. The first-order chi connectivity index (χ1) is 11.2. The molecule has 0 spiro atoms. The summed E-state index contributed by atoms with van der Waals surface area (Å²) < 4.78 is 1.89. The first-order valence-corrected chi connectivity index (χ1v) is 8.28. The maximum absolute atomic E-state index is 12.0. The van der Waals surface area contributed by atoms with E-state index in [0.29, 0.717) is 18.9 Å². The number of nitrogens with zero attached hydrogens (tertiary/aromatic N) is 2. The minimum absolute atomic E-state index is 0. The molecule has 0 radical (unpaired) electrons. The molecule has 130 valence electrons. The Bertz CT molecular complexity index is 643. The molecule has 6 heteroatoms. The zero-order valence-electron chi connectivity index (χ0n) is 13.7. The Balaban J connectivity index is 0.00000208. The van der Waals surface area contributed by atoms with Crippen LogP contribution in [-0.2, 0) is 17.9 Å². The van der Waals surface area contributed by atoms with Gasteiger partial charge >= 0.3 is 0 Å². The van der Waals surface area contributed by atoms with Gasteiger partial charge in [-0.25, -0.2) is 0 Å². The van der Waals surface area contributed by atoms with Gasteiger partial charge in [-0.3, -0.25) is 9.48 Å². The number of halogens is 1. The lowest BCUT2D eigenvalue weighted by Gasteiger charge is -2.14. The molecule has 0 aliphatic heterocycles. The van der Waals surface area contributed by atoms with Gasteiger partial charge in [0.15, 0.2) is 0 Å². The van der Waals surface area contributed by atoms with Crippen molar-refractivity contribution >= 4 is 18.3 Å². The molecule has 24 heavy (non-hydrogen) atoms. The summed E-state index contributed by atoms with van der Waals surface area (Å²) in [5, 5.41) is 7.33. The Labute approximate surface area is 149 Å². The Morgan fingerprint density at radius 2 is 2.04 bits per heavy atom. The van der Waals surface area contributed by atoms with E-state index in [0.717, 1.165) is 31.4 Å². The Morgan fingerprint density at radius 1 is 1.25 bits per heavy atom. The van der Waals surface area contributed by atoms with Crippen molar-refractivity contribution in [2.45, 2.75) is 44.8 Å². The highest BCUT2D eigenvalue weighted by Gasteiger charge is 2.25. The molecule has 1 aliphatic rings. The summed E-state index contributed by atoms with van der Waals surface area (Å²) >= 11 is 0. The van der Waals surface area contributed by atoms with Gasteiger partial charge in [0.1, 0.15) is 0 Å². The quantitative estimate of drug-likeness (QED) is 0.842. The van der Waals surface area contributed by atoms with Crippen LogP contribution in [0.25, 0.3) is 0 Å². The molecule has 1 aromatic carbocycles. The monoisotopic (exact) mass is 348 g/mol. The topological polar surface area (TPSA) is 72.9 Å². The van der Waals surface area contributed by atoms with Gasteiger partial charge in [-0.05, 0) is 24.3 Å². The molecule has 1 saturated carbocycles. The number of amides is 1. The predicted octanol–water partition coefficient (Wildman–Crippen LogP) is 2.49. The number of nitrogens with one attached hydrogen (secondary N) is 1. The fourth-order valence-electron chi connectivity index (χ4n) is 3.18. The van der Waals surface area contributed by atoms with Crippen LogP contribution in [0.3, 0.4) is 0 Å². The van der Waals surface area contributed by atoms with Gasteiger partial charge < -0.3 is 11.1 Å². The van der Waals surface area contributed by atoms with Gasteiger partial charge in [0, 0.05) is 30.8 Å². The van der Waals surface area contributed by atoms with Crippen LogP contribution in [0.2, 0.25) is 0 Å². The molecule has 2 atom stereocenters. The van der Waals surface area contributed by atoms with Crippen molar-refractivity contribution in [2.75, 3.05) is 0 Å². The summed E-state index contributed by atoms with van der Waals surface area (Å²) in [5.74, 6) is 0.430. The molecule has 5 nitrogen and oxygen atoms in total. The van der Waals surface area contributed by atoms with Crippen LogP contribution in [-0.4, -0.2) is 21.7 Å². The summed E-state index contributed by atoms with van der Waals surface area (Å²) in [6, 6.07) is 10.4. The summed E-state index contributed by atoms with van der Waals surface area (Å²) in [6.45, 7) is 1.27. The smallest absolute Gasteiger partial charge is 0.220 e. The fraction of sp³-hybridized carbons (Fsp3) is 0.444. The number of hydrogen-bond donors (Lipinski definition) is 2. The lowest BCUT2D eigenvalue weighted by atomic mass is 10.00. The van der Waals surface area contributed by atoms with Crippen molar-refractivity contribution in [1.29, 1.82) is 0 Å². The first-order valence-electron chi connectivity index (χ1n) is 8.28. The summed E-state index contributed by atoms with van der Waals surface area (Å²) in [6.07, 6.45) is 7.59. The molecule has 2 aromatic rings.